The summed E-state index contributed by atoms with van der Waals surface area (Å²) < 4.78 is 0. The molecule has 144 valence electrons. The molecule has 0 unspecified atom stereocenters. The molecule has 2 rings (SSSR count). The molecule has 0 saturated heterocycles. The molecule has 0 aliphatic heterocycles. The minimum absolute atomic E-state index is 0. The van der Waals surface area contributed by atoms with Crippen LogP contribution in [-0.2, 0) is 9.59 Å². The summed E-state index contributed by atoms with van der Waals surface area (Å²) in [6, 6.07) is 0. The number of rotatable bonds is 8. The van der Waals surface area contributed by atoms with Gasteiger partial charge in [-0.2, -0.15) is 0 Å². The molecule has 0 aromatic carbocycles. The van der Waals surface area contributed by atoms with Crippen LogP contribution in [0, 0.1) is 11.8 Å². The van der Waals surface area contributed by atoms with Crippen molar-refractivity contribution in [1.29, 1.82) is 0 Å². The second-order valence-corrected chi connectivity index (χ2v) is 7.54. The molecule has 2 aliphatic rings. The Morgan fingerprint density at radius 2 is 0.960 bits per heavy atom. The van der Waals surface area contributed by atoms with Crippen molar-refractivity contribution < 1.29 is 19.8 Å². The summed E-state index contributed by atoms with van der Waals surface area (Å²) in [5.41, 5.74) is 0. The normalized spacial score (nSPS) is 18.6. The number of hydrogen-bond acceptors (Lipinski definition) is 4. The average molecular weight is 546 g/mol. The molecule has 5 heteroatoms. The van der Waals surface area contributed by atoms with Gasteiger partial charge in [0.2, 0.25) is 0 Å². The molecule has 0 aromatic rings. The molecule has 0 spiro atoms. The maximum absolute atomic E-state index is 10.1. The van der Waals surface area contributed by atoms with Gasteiger partial charge in [-0.3, -0.25) is 0 Å². The quantitative estimate of drug-likeness (QED) is 0.439. The Balaban J connectivity index is 0.000000443. The van der Waals surface area contributed by atoms with Crippen LogP contribution in [0.5, 0.6) is 0 Å². The van der Waals surface area contributed by atoms with Gasteiger partial charge in [-0.05, 0) is 37.5 Å². The molecular formula is C20H34O4Pb-2. The summed E-state index contributed by atoms with van der Waals surface area (Å²) in [5.74, 6) is -0.187. The minimum atomic E-state index is -0.897. The number of carboxylic acid groups (broad SMARTS) is 2. The van der Waals surface area contributed by atoms with E-state index in [4.69, 9.17) is 0 Å². The zero-order valence-electron chi connectivity index (χ0n) is 15.6. The van der Waals surface area contributed by atoms with E-state index in [1.165, 1.54) is 64.2 Å². The summed E-state index contributed by atoms with van der Waals surface area (Å²) in [7, 11) is 0. The van der Waals surface area contributed by atoms with E-state index in [0.717, 1.165) is 37.5 Å². The van der Waals surface area contributed by atoms with Crippen molar-refractivity contribution in [3.05, 3.63) is 0 Å². The Bertz CT molecular complexity index is 314. The van der Waals surface area contributed by atoms with Gasteiger partial charge in [-0.15, -0.1) is 0 Å². The molecular weight excluding hydrogens is 511 g/mol. The predicted octanol–water partition coefficient (Wildman–Crippen LogP) is 2.59. The third-order valence-corrected chi connectivity index (χ3v) is 5.44. The van der Waals surface area contributed by atoms with Gasteiger partial charge in [-0.1, -0.05) is 77.0 Å². The van der Waals surface area contributed by atoms with Crippen LogP contribution in [-0.4, -0.2) is 39.2 Å². The van der Waals surface area contributed by atoms with Crippen LogP contribution in [0.15, 0.2) is 0 Å². The average Bonchev–Trinajstić information content (AvgIpc) is 2.57. The summed E-state index contributed by atoms with van der Waals surface area (Å²) in [6.45, 7) is 0. The van der Waals surface area contributed by atoms with Gasteiger partial charge in [0, 0.05) is 39.2 Å². The fourth-order valence-corrected chi connectivity index (χ4v) is 4.02. The fraction of sp³-hybridized carbons (Fsp3) is 0.900. The molecule has 0 heterocycles. The third-order valence-electron chi connectivity index (χ3n) is 5.44. The van der Waals surface area contributed by atoms with Crippen LogP contribution in [0.25, 0.3) is 0 Å². The van der Waals surface area contributed by atoms with E-state index < -0.39 is 11.9 Å². The van der Waals surface area contributed by atoms with E-state index in [-0.39, 0.29) is 40.1 Å². The Kier molecular flexibility index (Phi) is 16.0. The van der Waals surface area contributed by atoms with Gasteiger partial charge in [0.1, 0.15) is 0 Å². The van der Waals surface area contributed by atoms with Gasteiger partial charge >= 0.3 is 0 Å². The van der Waals surface area contributed by atoms with Crippen molar-refractivity contribution in [3.8, 4) is 0 Å². The van der Waals surface area contributed by atoms with E-state index >= 15 is 0 Å². The Morgan fingerprint density at radius 3 is 1.24 bits per heavy atom. The molecule has 4 nitrogen and oxygen atoms in total. The molecule has 0 aromatic heterocycles. The topological polar surface area (TPSA) is 80.3 Å². The molecule has 2 saturated carbocycles. The monoisotopic (exact) mass is 546 g/mol. The van der Waals surface area contributed by atoms with Crippen molar-refractivity contribution in [2.45, 2.75) is 103 Å². The maximum atomic E-state index is 10.1. The van der Waals surface area contributed by atoms with Gasteiger partial charge < -0.3 is 19.8 Å². The van der Waals surface area contributed by atoms with Crippen molar-refractivity contribution >= 4 is 39.2 Å². The van der Waals surface area contributed by atoms with Crippen LogP contribution < -0.4 is 10.2 Å². The molecule has 0 atom stereocenters. The van der Waals surface area contributed by atoms with E-state index in [1.54, 1.807) is 0 Å². The van der Waals surface area contributed by atoms with Crippen molar-refractivity contribution in [2.75, 3.05) is 0 Å². The maximum Gasteiger partial charge on any atom is 0.0414 e. The number of carbonyl (C=O) groups excluding carboxylic acids is 2. The smallest absolute Gasteiger partial charge is 0.0414 e. The second-order valence-electron chi connectivity index (χ2n) is 7.54. The molecule has 4 radical (unpaired) electrons. The Morgan fingerprint density at radius 1 is 0.640 bits per heavy atom. The van der Waals surface area contributed by atoms with Crippen LogP contribution in [0.3, 0.4) is 0 Å². The van der Waals surface area contributed by atoms with Crippen LogP contribution >= 0.6 is 0 Å². The molecule has 0 bridgehead atoms. The van der Waals surface area contributed by atoms with Crippen molar-refractivity contribution in [3.63, 3.8) is 0 Å². The van der Waals surface area contributed by atoms with E-state index in [0.29, 0.717) is 0 Å². The summed E-state index contributed by atoms with van der Waals surface area (Å²) >= 11 is 0. The number of aliphatic carboxylic acids is 2. The number of carboxylic acids is 2. The second kappa shape index (κ2) is 16.1. The first-order chi connectivity index (χ1) is 11.6. The summed E-state index contributed by atoms with van der Waals surface area (Å²) in [5, 5.41) is 20.3. The van der Waals surface area contributed by atoms with Crippen molar-refractivity contribution in [1.82, 2.24) is 0 Å². The summed E-state index contributed by atoms with van der Waals surface area (Å²) in [6.07, 6.45) is 17.7. The van der Waals surface area contributed by atoms with E-state index in [9.17, 15) is 19.8 Å². The standard InChI is InChI=1S/2C10H18O2.Pb/c2*11-10(12)8-4-7-9-5-2-1-3-6-9;/h2*9H,1-8H2,(H,11,12);/p-2. The first-order valence-corrected chi connectivity index (χ1v) is 9.97. The van der Waals surface area contributed by atoms with Gasteiger partial charge in [-0.25, -0.2) is 0 Å². The molecule has 0 amide bonds. The van der Waals surface area contributed by atoms with Gasteiger partial charge in [0.15, 0.2) is 0 Å². The molecule has 2 aliphatic carbocycles. The number of hydrogen-bond donors (Lipinski definition) is 0. The number of carbonyl (C=O) groups is 2. The zero-order chi connectivity index (χ0) is 17.6. The fourth-order valence-electron chi connectivity index (χ4n) is 4.02. The zero-order valence-corrected chi connectivity index (χ0v) is 19.5. The van der Waals surface area contributed by atoms with Gasteiger partial charge in [0.05, 0.1) is 0 Å². The van der Waals surface area contributed by atoms with Crippen molar-refractivity contribution in [2.24, 2.45) is 11.8 Å². The molecule has 2 fully saturated rings. The largest absolute Gasteiger partial charge is 0.550 e. The van der Waals surface area contributed by atoms with E-state index in [1.807, 2.05) is 0 Å². The Hall–Kier alpha value is -0.138. The van der Waals surface area contributed by atoms with E-state index in [2.05, 4.69) is 0 Å². The van der Waals surface area contributed by atoms with Crippen LogP contribution in [0.4, 0.5) is 0 Å². The first kappa shape index (κ1) is 24.9. The third kappa shape index (κ3) is 14.7. The molecule has 0 N–H and O–H groups in total. The molecule has 25 heavy (non-hydrogen) atoms. The predicted molar refractivity (Wildman–Crippen MR) is 96.6 cm³/mol. The summed E-state index contributed by atoms with van der Waals surface area (Å²) in [4.78, 5) is 20.3. The SMILES string of the molecule is O=C([O-])CCCC1CCCCC1.O=C([O-])CCCC1CCCCC1.[Pb]. The Labute approximate surface area is 173 Å². The van der Waals surface area contributed by atoms with Gasteiger partial charge in [0.25, 0.3) is 0 Å². The van der Waals surface area contributed by atoms with Crippen LogP contribution in [0.2, 0.25) is 0 Å². The minimum Gasteiger partial charge on any atom is -0.550 e. The first-order valence-electron chi connectivity index (χ1n) is 9.97. The van der Waals surface area contributed by atoms with Crippen LogP contribution in [0.1, 0.15) is 103 Å².